The summed E-state index contributed by atoms with van der Waals surface area (Å²) in [5.41, 5.74) is 1.11. The first-order valence-electron chi connectivity index (χ1n) is 4.35. The Morgan fingerprint density at radius 3 is 2.86 bits per heavy atom. The minimum atomic E-state index is 0.223. The fraction of sp³-hybridized carbons (Fsp3) is 0.400. The van der Waals surface area contributed by atoms with E-state index in [1.54, 1.807) is 7.11 Å². The summed E-state index contributed by atoms with van der Waals surface area (Å²) in [6, 6.07) is 6.22. The van der Waals surface area contributed by atoms with E-state index in [-0.39, 0.29) is 6.10 Å². The Hall–Kier alpha value is 0.190. The number of rotatable bonds is 4. The number of hydrogen-bond acceptors (Lipinski definition) is 2. The molecule has 1 rings (SSSR count). The molecular weight excluding hydrogens is 357 g/mol. The minimum absolute atomic E-state index is 0.223. The highest BCUT2D eigenvalue weighted by atomic mass is 127. The Labute approximate surface area is 107 Å². The second-order valence-corrected chi connectivity index (χ2v) is 5.15. The predicted octanol–water partition coefficient (Wildman–Crippen LogP) is 3.50. The van der Waals surface area contributed by atoms with Crippen LogP contribution in [0.15, 0.2) is 22.7 Å². The summed E-state index contributed by atoms with van der Waals surface area (Å²) in [7, 11) is 1.72. The standard InChI is InChI=1S/C10H13BrINO/c1-7(14-2)6-13-10-4-3-8(12)5-9(10)11/h3-5,7,13H,6H2,1-2H3. The van der Waals surface area contributed by atoms with Gasteiger partial charge in [0.15, 0.2) is 0 Å². The van der Waals surface area contributed by atoms with E-state index >= 15 is 0 Å². The molecule has 0 aromatic heterocycles. The van der Waals surface area contributed by atoms with Gasteiger partial charge in [-0.3, -0.25) is 0 Å². The third kappa shape index (κ3) is 3.74. The van der Waals surface area contributed by atoms with Crippen molar-refractivity contribution in [2.24, 2.45) is 0 Å². The molecule has 4 heteroatoms. The van der Waals surface area contributed by atoms with Crippen LogP contribution >= 0.6 is 38.5 Å². The average molecular weight is 370 g/mol. The second kappa shape index (κ2) is 5.92. The summed E-state index contributed by atoms with van der Waals surface area (Å²) in [5, 5.41) is 3.32. The van der Waals surface area contributed by atoms with Crippen LogP contribution in [0, 0.1) is 3.57 Å². The van der Waals surface area contributed by atoms with Crippen LogP contribution in [0.1, 0.15) is 6.92 Å². The fourth-order valence-corrected chi connectivity index (χ4v) is 2.41. The lowest BCUT2D eigenvalue weighted by molar-refractivity contribution is 0.129. The van der Waals surface area contributed by atoms with E-state index in [2.05, 4.69) is 62.0 Å². The van der Waals surface area contributed by atoms with Gasteiger partial charge in [0.25, 0.3) is 0 Å². The van der Waals surface area contributed by atoms with Crippen molar-refractivity contribution in [2.45, 2.75) is 13.0 Å². The second-order valence-electron chi connectivity index (χ2n) is 3.05. The molecule has 1 aromatic carbocycles. The molecule has 0 aliphatic rings. The van der Waals surface area contributed by atoms with Crippen LogP contribution in [-0.2, 0) is 4.74 Å². The summed E-state index contributed by atoms with van der Waals surface area (Å²) < 4.78 is 7.47. The van der Waals surface area contributed by atoms with Crippen LogP contribution in [0.25, 0.3) is 0 Å². The molecule has 0 aliphatic heterocycles. The van der Waals surface area contributed by atoms with Crippen molar-refractivity contribution < 1.29 is 4.74 Å². The van der Waals surface area contributed by atoms with Crippen molar-refractivity contribution in [3.05, 3.63) is 26.2 Å². The summed E-state index contributed by atoms with van der Waals surface area (Å²) in [4.78, 5) is 0. The van der Waals surface area contributed by atoms with Gasteiger partial charge >= 0.3 is 0 Å². The van der Waals surface area contributed by atoms with Gasteiger partial charge in [0.2, 0.25) is 0 Å². The SMILES string of the molecule is COC(C)CNc1ccc(I)cc1Br. The van der Waals surface area contributed by atoms with Gasteiger partial charge in [0.1, 0.15) is 0 Å². The average Bonchev–Trinajstić information content (AvgIpc) is 2.16. The summed E-state index contributed by atoms with van der Waals surface area (Å²) in [6.07, 6.45) is 0.223. The van der Waals surface area contributed by atoms with Crippen LogP contribution < -0.4 is 5.32 Å². The lowest BCUT2D eigenvalue weighted by Gasteiger charge is -2.13. The first-order chi connectivity index (χ1) is 6.63. The van der Waals surface area contributed by atoms with Crippen LogP contribution in [0.3, 0.4) is 0 Å². The molecule has 1 unspecified atom stereocenters. The van der Waals surface area contributed by atoms with E-state index in [0.29, 0.717) is 0 Å². The largest absolute Gasteiger partial charge is 0.382 e. The molecule has 0 saturated heterocycles. The van der Waals surface area contributed by atoms with Gasteiger partial charge in [0, 0.05) is 27.4 Å². The van der Waals surface area contributed by atoms with Gasteiger partial charge in [-0.05, 0) is 63.6 Å². The highest BCUT2D eigenvalue weighted by Gasteiger charge is 2.02. The van der Waals surface area contributed by atoms with E-state index in [1.165, 1.54) is 3.57 Å². The highest BCUT2D eigenvalue weighted by Crippen LogP contribution is 2.24. The Bertz CT molecular complexity index is 306. The van der Waals surface area contributed by atoms with Crippen LogP contribution in [0.2, 0.25) is 0 Å². The molecule has 1 N–H and O–H groups in total. The lowest BCUT2D eigenvalue weighted by atomic mass is 10.3. The summed E-state index contributed by atoms with van der Waals surface area (Å²) in [5.74, 6) is 0. The van der Waals surface area contributed by atoms with E-state index in [4.69, 9.17) is 4.74 Å². The summed E-state index contributed by atoms with van der Waals surface area (Å²) in [6.45, 7) is 2.85. The number of benzene rings is 1. The lowest BCUT2D eigenvalue weighted by Crippen LogP contribution is -2.18. The molecule has 0 fully saturated rings. The number of nitrogens with one attached hydrogen (secondary N) is 1. The smallest absolute Gasteiger partial charge is 0.0715 e. The molecule has 1 aromatic rings. The van der Waals surface area contributed by atoms with Crippen molar-refractivity contribution in [2.75, 3.05) is 19.0 Å². The van der Waals surface area contributed by atoms with Crippen LogP contribution in [0.5, 0.6) is 0 Å². The Kier molecular flexibility index (Phi) is 5.19. The molecule has 78 valence electrons. The van der Waals surface area contributed by atoms with E-state index in [0.717, 1.165) is 16.7 Å². The summed E-state index contributed by atoms with van der Waals surface area (Å²) >= 11 is 5.80. The molecule has 0 bridgehead atoms. The number of anilines is 1. The number of methoxy groups -OCH3 is 1. The monoisotopic (exact) mass is 369 g/mol. The third-order valence-corrected chi connectivity index (χ3v) is 3.24. The molecule has 0 spiro atoms. The Morgan fingerprint density at radius 2 is 2.29 bits per heavy atom. The molecule has 0 radical (unpaired) electrons. The molecule has 1 atom stereocenters. The van der Waals surface area contributed by atoms with Crippen LogP contribution in [0.4, 0.5) is 5.69 Å². The number of ether oxygens (including phenoxy) is 1. The zero-order chi connectivity index (χ0) is 10.6. The van der Waals surface area contributed by atoms with Crippen molar-refractivity contribution >= 4 is 44.2 Å². The topological polar surface area (TPSA) is 21.3 Å². The van der Waals surface area contributed by atoms with E-state index < -0.39 is 0 Å². The first-order valence-corrected chi connectivity index (χ1v) is 6.22. The maximum Gasteiger partial charge on any atom is 0.0715 e. The van der Waals surface area contributed by atoms with Gasteiger partial charge in [-0.2, -0.15) is 0 Å². The third-order valence-electron chi connectivity index (χ3n) is 1.91. The predicted molar refractivity (Wildman–Crippen MR) is 71.8 cm³/mol. The maximum absolute atomic E-state index is 5.16. The molecule has 0 heterocycles. The number of halogens is 2. The highest BCUT2D eigenvalue weighted by molar-refractivity contribution is 14.1. The number of hydrogen-bond donors (Lipinski definition) is 1. The van der Waals surface area contributed by atoms with Crippen molar-refractivity contribution in [3.8, 4) is 0 Å². The van der Waals surface area contributed by atoms with Crippen molar-refractivity contribution in [1.29, 1.82) is 0 Å². The van der Waals surface area contributed by atoms with Gasteiger partial charge in [-0.1, -0.05) is 0 Å². The molecule has 0 saturated carbocycles. The Balaban J connectivity index is 2.59. The molecule has 0 aliphatic carbocycles. The molecule has 2 nitrogen and oxygen atoms in total. The zero-order valence-corrected chi connectivity index (χ0v) is 11.9. The fourth-order valence-electron chi connectivity index (χ4n) is 0.970. The zero-order valence-electron chi connectivity index (χ0n) is 8.18. The molecular formula is C10H13BrINO. The van der Waals surface area contributed by atoms with Gasteiger partial charge in [0.05, 0.1) is 6.10 Å². The van der Waals surface area contributed by atoms with E-state index in [1.807, 2.05) is 6.92 Å². The first kappa shape index (κ1) is 12.3. The van der Waals surface area contributed by atoms with Gasteiger partial charge in [-0.25, -0.2) is 0 Å². The maximum atomic E-state index is 5.16. The van der Waals surface area contributed by atoms with Crippen molar-refractivity contribution in [1.82, 2.24) is 0 Å². The van der Waals surface area contributed by atoms with Gasteiger partial charge < -0.3 is 10.1 Å². The van der Waals surface area contributed by atoms with Gasteiger partial charge in [-0.15, -0.1) is 0 Å². The normalized spacial score (nSPS) is 12.6. The minimum Gasteiger partial charge on any atom is -0.382 e. The van der Waals surface area contributed by atoms with Crippen LogP contribution in [-0.4, -0.2) is 19.8 Å². The van der Waals surface area contributed by atoms with E-state index in [9.17, 15) is 0 Å². The quantitative estimate of drug-likeness (QED) is 0.820. The Morgan fingerprint density at radius 1 is 1.57 bits per heavy atom. The van der Waals surface area contributed by atoms with Crippen molar-refractivity contribution in [3.63, 3.8) is 0 Å². The molecule has 14 heavy (non-hydrogen) atoms. The molecule has 0 amide bonds.